The minimum atomic E-state index is -0.382. The Morgan fingerprint density at radius 2 is 1.97 bits per heavy atom. The van der Waals surface area contributed by atoms with E-state index in [2.05, 4.69) is 15.3 Å². The number of rotatable bonds is 5. The van der Waals surface area contributed by atoms with E-state index < -0.39 is 0 Å². The van der Waals surface area contributed by atoms with Gasteiger partial charge in [-0.3, -0.25) is 0 Å². The molecule has 0 amide bonds. The van der Waals surface area contributed by atoms with Crippen molar-refractivity contribution in [2.45, 2.75) is 6.92 Å². The number of halogens is 1. The fraction of sp³-hybridized carbons (Fsp3) is 0.0909. The van der Waals surface area contributed by atoms with Gasteiger partial charge in [0.15, 0.2) is 5.65 Å². The molecule has 0 saturated heterocycles. The van der Waals surface area contributed by atoms with E-state index in [9.17, 15) is 14.6 Å². The highest BCUT2D eigenvalue weighted by molar-refractivity contribution is 6.02. The fourth-order valence-electron chi connectivity index (χ4n) is 3.24. The molecule has 4 rings (SSSR count). The number of anilines is 1. The molecule has 4 aromatic rings. The van der Waals surface area contributed by atoms with Crippen LogP contribution in [-0.2, 0) is 0 Å². The third-order valence-corrected chi connectivity index (χ3v) is 4.62. The quantitative estimate of drug-likeness (QED) is 0.442. The van der Waals surface area contributed by atoms with Gasteiger partial charge in [0.05, 0.1) is 17.7 Å². The van der Waals surface area contributed by atoms with Crippen molar-refractivity contribution in [2.24, 2.45) is 0 Å². The van der Waals surface area contributed by atoms with Crippen molar-refractivity contribution in [3.05, 3.63) is 84.4 Å². The third-order valence-electron chi connectivity index (χ3n) is 4.62. The van der Waals surface area contributed by atoms with Crippen LogP contribution < -0.4 is 5.32 Å². The van der Waals surface area contributed by atoms with Gasteiger partial charge in [-0.25, -0.2) is 14.4 Å². The summed E-state index contributed by atoms with van der Waals surface area (Å²) in [6.07, 6.45) is 4.13. The summed E-state index contributed by atoms with van der Waals surface area (Å²) in [6, 6.07) is 14.2. The molecule has 2 aromatic heterocycles. The minimum absolute atomic E-state index is 0.193. The highest BCUT2D eigenvalue weighted by atomic mass is 19.1. The molecule has 0 aliphatic carbocycles. The number of benzene rings is 2. The Hall–Kier alpha value is -3.71. The van der Waals surface area contributed by atoms with Gasteiger partial charge < -0.3 is 20.1 Å². The Bertz CT molecular complexity index is 1200. The molecular weight excluding hydrogens is 371 g/mol. The summed E-state index contributed by atoms with van der Waals surface area (Å²) in [7, 11) is 0. The number of aryl methyl sites for hydroxylation is 1. The lowest BCUT2D eigenvalue weighted by Crippen LogP contribution is -2.06. The maximum absolute atomic E-state index is 13.5. The molecule has 29 heavy (non-hydrogen) atoms. The van der Waals surface area contributed by atoms with Crippen LogP contribution >= 0.6 is 0 Å². The van der Waals surface area contributed by atoms with Gasteiger partial charge >= 0.3 is 0 Å². The Kier molecular flexibility index (Phi) is 4.97. The van der Waals surface area contributed by atoms with Gasteiger partial charge in [-0.1, -0.05) is 24.3 Å². The number of nitrogens with zero attached hydrogens (tertiary/aromatic N) is 3. The Morgan fingerprint density at radius 1 is 1.17 bits per heavy atom. The van der Waals surface area contributed by atoms with Crippen LogP contribution in [0.25, 0.3) is 27.8 Å². The predicted molar refractivity (Wildman–Crippen MR) is 110 cm³/mol. The van der Waals surface area contributed by atoms with Crippen LogP contribution in [0.1, 0.15) is 5.56 Å². The summed E-state index contributed by atoms with van der Waals surface area (Å²) in [5.41, 5.74) is 4.44. The summed E-state index contributed by atoms with van der Waals surface area (Å²) in [4.78, 5) is 8.76. The lowest BCUT2D eigenvalue weighted by molar-refractivity contribution is 0.325. The number of aromatic nitrogens is 3. The van der Waals surface area contributed by atoms with E-state index in [-0.39, 0.29) is 18.1 Å². The molecule has 0 spiro atoms. The molecule has 0 aliphatic heterocycles. The molecule has 0 fully saturated rings. The van der Waals surface area contributed by atoms with E-state index in [4.69, 9.17) is 0 Å². The molecule has 2 heterocycles. The third kappa shape index (κ3) is 3.55. The molecule has 0 saturated carbocycles. The number of hydrogen-bond donors (Lipinski definition) is 3. The van der Waals surface area contributed by atoms with Crippen LogP contribution in [0.2, 0.25) is 0 Å². The number of hydrogen-bond acceptors (Lipinski definition) is 5. The van der Waals surface area contributed by atoms with Crippen LogP contribution in [0.4, 0.5) is 10.2 Å². The van der Waals surface area contributed by atoms with E-state index in [1.165, 1.54) is 18.5 Å². The zero-order chi connectivity index (χ0) is 20.4. The predicted octanol–water partition coefficient (Wildman–Crippen LogP) is 4.34. The van der Waals surface area contributed by atoms with E-state index in [1.807, 2.05) is 42.0 Å². The highest BCUT2D eigenvalue weighted by Gasteiger charge is 2.18. The smallest absolute Gasteiger partial charge is 0.150 e. The molecule has 2 aromatic carbocycles. The Balaban J connectivity index is 2.00. The first-order valence-corrected chi connectivity index (χ1v) is 9.01. The first kappa shape index (κ1) is 18.6. The second-order valence-electron chi connectivity index (χ2n) is 6.62. The van der Waals surface area contributed by atoms with Crippen LogP contribution in [-0.4, -0.2) is 31.4 Å². The largest absolute Gasteiger partial charge is 0.514 e. The summed E-state index contributed by atoms with van der Waals surface area (Å²) < 4.78 is 15.4. The van der Waals surface area contributed by atoms with Crippen LogP contribution in [0.5, 0.6) is 0 Å². The van der Waals surface area contributed by atoms with Crippen molar-refractivity contribution < 1.29 is 14.6 Å². The van der Waals surface area contributed by atoms with Crippen molar-refractivity contribution in [1.29, 1.82) is 0 Å². The Morgan fingerprint density at radius 3 is 2.66 bits per heavy atom. The Labute approximate surface area is 166 Å². The van der Waals surface area contributed by atoms with E-state index in [1.54, 1.807) is 12.1 Å². The summed E-state index contributed by atoms with van der Waals surface area (Å²) >= 11 is 0. The normalized spacial score (nSPS) is 11.8. The molecular formula is C22H19FN4O2. The van der Waals surface area contributed by atoms with Gasteiger partial charge in [0.1, 0.15) is 24.2 Å². The number of aliphatic hydroxyl groups excluding tert-OH is 2. The molecule has 6 nitrogen and oxygen atoms in total. The molecule has 0 radical (unpaired) electrons. The second-order valence-corrected chi connectivity index (χ2v) is 6.62. The molecule has 3 N–H and O–H groups in total. The van der Waals surface area contributed by atoms with Gasteiger partial charge in [-0.05, 0) is 42.3 Å². The van der Waals surface area contributed by atoms with Crippen LogP contribution in [0.15, 0.2) is 73.0 Å². The van der Waals surface area contributed by atoms with Crippen molar-refractivity contribution in [2.75, 3.05) is 11.9 Å². The van der Waals surface area contributed by atoms with Gasteiger partial charge in [-0.2, -0.15) is 0 Å². The lowest BCUT2D eigenvalue weighted by Gasteiger charge is -2.09. The molecule has 0 unspecified atom stereocenters. The average molecular weight is 390 g/mol. The molecule has 7 heteroatoms. The van der Waals surface area contributed by atoms with Gasteiger partial charge in [0.2, 0.25) is 0 Å². The van der Waals surface area contributed by atoms with Gasteiger partial charge in [0.25, 0.3) is 0 Å². The standard InChI is InChI=1S/C22H19FN4O2/c1-14-3-2-4-18(9-14)27-10-19(15-5-7-16(23)8-6-15)20-21(24-13-25-22(20)27)26-17(11-28)12-29/h2-11,13,28-29H,12H2,1H3,(H,24,25,26)/b17-11-. The lowest BCUT2D eigenvalue weighted by atomic mass is 10.1. The zero-order valence-corrected chi connectivity index (χ0v) is 15.7. The topological polar surface area (TPSA) is 83.2 Å². The molecule has 146 valence electrons. The average Bonchev–Trinajstić information content (AvgIpc) is 3.13. The van der Waals surface area contributed by atoms with Gasteiger partial charge in [-0.15, -0.1) is 0 Å². The minimum Gasteiger partial charge on any atom is -0.514 e. The van der Waals surface area contributed by atoms with Crippen LogP contribution in [0.3, 0.4) is 0 Å². The number of nitrogens with one attached hydrogen (secondary N) is 1. The monoisotopic (exact) mass is 390 g/mol. The van der Waals surface area contributed by atoms with Crippen molar-refractivity contribution >= 4 is 16.9 Å². The maximum Gasteiger partial charge on any atom is 0.150 e. The molecule has 0 atom stereocenters. The van der Waals surface area contributed by atoms with E-state index in [0.29, 0.717) is 16.9 Å². The van der Waals surface area contributed by atoms with E-state index >= 15 is 0 Å². The summed E-state index contributed by atoms with van der Waals surface area (Å²) in [5, 5.41) is 22.4. The zero-order valence-electron chi connectivity index (χ0n) is 15.7. The van der Waals surface area contributed by atoms with Crippen molar-refractivity contribution in [3.8, 4) is 16.8 Å². The number of fused-ring (bicyclic) bond motifs is 1. The van der Waals surface area contributed by atoms with Gasteiger partial charge in [0, 0.05) is 17.4 Å². The molecule has 0 aliphatic rings. The van der Waals surface area contributed by atoms with Crippen molar-refractivity contribution in [1.82, 2.24) is 14.5 Å². The summed E-state index contributed by atoms with van der Waals surface area (Å²) in [5.74, 6) is 0.103. The first-order chi connectivity index (χ1) is 14.1. The fourth-order valence-corrected chi connectivity index (χ4v) is 3.24. The second kappa shape index (κ2) is 7.73. The highest BCUT2D eigenvalue weighted by Crippen LogP contribution is 2.35. The van der Waals surface area contributed by atoms with Crippen LogP contribution in [0, 0.1) is 12.7 Å². The van der Waals surface area contributed by atoms with Crippen molar-refractivity contribution in [3.63, 3.8) is 0 Å². The molecule has 0 bridgehead atoms. The van der Waals surface area contributed by atoms with E-state index in [0.717, 1.165) is 28.6 Å². The number of aliphatic hydroxyl groups is 2. The summed E-state index contributed by atoms with van der Waals surface area (Å²) in [6.45, 7) is 1.63. The maximum atomic E-state index is 13.5. The SMILES string of the molecule is Cc1cccc(-n2cc(-c3ccc(F)cc3)c3c(N/C(=C\O)CO)ncnc32)c1. The first-order valence-electron chi connectivity index (χ1n) is 9.01.